The topological polar surface area (TPSA) is 12.4 Å². The van der Waals surface area contributed by atoms with Crippen molar-refractivity contribution in [3.05, 3.63) is 70.7 Å². The van der Waals surface area contributed by atoms with E-state index in [0.29, 0.717) is 6.54 Å². The van der Waals surface area contributed by atoms with Gasteiger partial charge in [0.25, 0.3) is 0 Å². The van der Waals surface area contributed by atoms with Crippen LogP contribution in [0.15, 0.2) is 59.6 Å². The minimum atomic E-state index is 0.498. The van der Waals surface area contributed by atoms with Gasteiger partial charge in [-0.1, -0.05) is 53.8 Å². The third kappa shape index (κ3) is 4.08. The van der Waals surface area contributed by atoms with Crippen molar-refractivity contribution in [3.63, 3.8) is 0 Å². The molecule has 2 heteroatoms. The molecule has 1 nitrogen and oxygen atoms in total. The molecule has 0 saturated heterocycles. The lowest BCUT2D eigenvalue weighted by atomic mass is 10.2. The van der Waals surface area contributed by atoms with Crippen molar-refractivity contribution in [2.24, 2.45) is 4.99 Å². The Labute approximate surface area is 112 Å². The van der Waals surface area contributed by atoms with Crippen LogP contribution in [0, 0.1) is 11.8 Å². The highest BCUT2D eigenvalue weighted by Gasteiger charge is 1.87. The van der Waals surface area contributed by atoms with Crippen molar-refractivity contribution in [2.75, 3.05) is 6.54 Å². The molecule has 0 radical (unpaired) electrons. The van der Waals surface area contributed by atoms with E-state index in [1.807, 2.05) is 54.6 Å². The molecule has 0 saturated carbocycles. The SMILES string of the molecule is Clc1ccc(/C=N/CC#Cc2ccccc2)cc1. The number of aliphatic imine (C=N–C) groups is 1. The lowest BCUT2D eigenvalue weighted by molar-refractivity contribution is 1.30. The van der Waals surface area contributed by atoms with Crippen molar-refractivity contribution in [3.8, 4) is 11.8 Å². The highest BCUT2D eigenvalue weighted by Crippen LogP contribution is 2.07. The molecule has 2 rings (SSSR count). The van der Waals surface area contributed by atoms with Gasteiger partial charge in [0, 0.05) is 16.8 Å². The number of rotatable bonds is 2. The molecule has 0 spiro atoms. The number of nitrogens with zero attached hydrogens (tertiary/aromatic N) is 1. The Balaban J connectivity index is 1.89. The Morgan fingerprint density at radius 3 is 2.44 bits per heavy atom. The third-order valence-corrected chi connectivity index (χ3v) is 2.54. The Hall–Kier alpha value is -2.04. The molecular weight excluding hydrogens is 242 g/mol. The van der Waals surface area contributed by atoms with E-state index in [1.165, 1.54) is 0 Å². The summed E-state index contributed by atoms with van der Waals surface area (Å²) in [5.41, 5.74) is 2.04. The van der Waals surface area contributed by atoms with E-state index in [9.17, 15) is 0 Å². The average Bonchev–Trinajstić information content (AvgIpc) is 2.42. The fourth-order valence-corrected chi connectivity index (χ4v) is 1.53. The summed E-state index contributed by atoms with van der Waals surface area (Å²) in [5, 5.41) is 0.732. The normalized spacial score (nSPS) is 10.1. The maximum absolute atomic E-state index is 5.80. The predicted octanol–water partition coefficient (Wildman–Crippen LogP) is 3.81. The summed E-state index contributed by atoms with van der Waals surface area (Å²) in [4.78, 5) is 4.24. The lowest BCUT2D eigenvalue weighted by Crippen LogP contribution is -1.82. The van der Waals surface area contributed by atoms with Crippen LogP contribution >= 0.6 is 11.6 Å². The molecule has 0 atom stereocenters. The summed E-state index contributed by atoms with van der Waals surface area (Å²) in [6.45, 7) is 0.498. The largest absolute Gasteiger partial charge is 0.280 e. The van der Waals surface area contributed by atoms with Crippen LogP contribution in [0.5, 0.6) is 0 Å². The zero-order valence-electron chi connectivity index (χ0n) is 9.81. The molecule has 2 aromatic carbocycles. The molecule has 0 aromatic heterocycles. The Kier molecular flexibility index (Phi) is 4.58. The fraction of sp³-hybridized carbons (Fsp3) is 0.0625. The fourth-order valence-electron chi connectivity index (χ4n) is 1.41. The summed E-state index contributed by atoms with van der Waals surface area (Å²) in [6.07, 6.45) is 1.80. The van der Waals surface area contributed by atoms with Gasteiger partial charge in [0.05, 0.1) is 0 Å². The molecule has 0 aliphatic carbocycles. The second-order valence-corrected chi connectivity index (χ2v) is 4.13. The first-order valence-electron chi connectivity index (χ1n) is 5.64. The quantitative estimate of drug-likeness (QED) is 0.570. The van der Waals surface area contributed by atoms with Gasteiger partial charge in [0.2, 0.25) is 0 Å². The van der Waals surface area contributed by atoms with Crippen molar-refractivity contribution >= 4 is 17.8 Å². The van der Waals surface area contributed by atoms with Crippen molar-refractivity contribution in [1.82, 2.24) is 0 Å². The van der Waals surface area contributed by atoms with Crippen LogP contribution in [0.1, 0.15) is 11.1 Å². The molecule has 88 valence electrons. The minimum Gasteiger partial charge on any atom is -0.280 e. The van der Waals surface area contributed by atoms with Gasteiger partial charge in [-0.3, -0.25) is 4.99 Å². The van der Waals surface area contributed by atoms with Gasteiger partial charge in [-0.2, -0.15) is 0 Å². The van der Waals surface area contributed by atoms with E-state index in [-0.39, 0.29) is 0 Å². The monoisotopic (exact) mass is 253 g/mol. The Bertz CT molecular complexity index is 574. The number of benzene rings is 2. The molecule has 18 heavy (non-hydrogen) atoms. The number of hydrogen-bond donors (Lipinski definition) is 0. The van der Waals surface area contributed by atoms with Crippen molar-refractivity contribution < 1.29 is 0 Å². The Morgan fingerprint density at radius 2 is 1.72 bits per heavy atom. The van der Waals surface area contributed by atoms with Crippen molar-refractivity contribution in [1.29, 1.82) is 0 Å². The molecular formula is C16H12ClN. The van der Waals surface area contributed by atoms with Crippen LogP contribution in [0.4, 0.5) is 0 Å². The Morgan fingerprint density at radius 1 is 1.00 bits per heavy atom. The first kappa shape index (κ1) is 12.4. The van der Waals surface area contributed by atoms with Gasteiger partial charge in [-0.25, -0.2) is 0 Å². The highest BCUT2D eigenvalue weighted by atomic mass is 35.5. The number of hydrogen-bond acceptors (Lipinski definition) is 1. The summed E-state index contributed by atoms with van der Waals surface area (Å²) < 4.78 is 0. The van der Waals surface area contributed by atoms with E-state index < -0.39 is 0 Å². The maximum Gasteiger partial charge on any atom is 0.100 e. The van der Waals surface area contributed by atoms with E-state index in [2.05, 4.69) is 16.8 Å². The van der Waals surface area contributed by atoms with Crippen molar-refractivity contribution in [2.45, 2.75) is 0 Å². The van der Waals surface area contributed by atoms with Crippen LogP contribution in [0.25, 0.3) is 0 Å². The first-order chi connectivity index (χ1) is 8.84. The summed E-state index contributed by atoms with van der Waals surface area (Å²) in [7, 11) is 0. The van der Waals surface area contributed by atoms with Gasteiger partial charge in [-0.15, -0.1) is 0 Å². The van der Waals surface area contributed by atoms with Crippen LogP contribution in [0.3, 0.4) is 0 Å². The van der Waals surface area contributed by atoms with E-state index >= 15 is 0 Å². The second-order valence-electron chi connectivity index (χ2n) is 3.69. The van der Waals surface area contributed by atoms with Crippen LogP contribution in [0.2, 0.25) is 5.02 Å². The van der Waals surface area contributed by atoms with Gasteiger partial charge in [0.1, 0.15) is 6.54 Å². The average molecular weight is 254 g/mol. The summed E-state index contributed by atoms with van der Waals surface area (Å²) >= 11 is 5.80. The first-order valence-corrected chi connectivity index (χ1v) is 6.02. The van der Waals surface area contributed by atoms with Crippen LogP contribution < -0.4 is 0 Å². The molecule has 0 amide bonds. The maximum atomic E-state index is 5.80. The van der Waals surface area contributed by atoms with E-state index in [0.717, 1.165) is 16.1 Å². The van der Waals surface area contributed by atoms with Gasteiger partial charge >= 0.3 is 0 Å². The molecule has 0 fully saturated rings. The molecule has 0 unspecified atom stereocenters. The molecule has 2 aromatic rings. The minimum absolute atomic E-state index is 0.498. The zero-order valence-corrected chi connectivity index (χ0v) is 10.6. The van der Waals surface area contributed by atoms with Gasteiger partial charge in [0.15, 0.2) is 0 Å². The third-order valence-electron chi connectivity index (χ3n) is 2.29. The molecule has 0 N–H and O–H groups in total. The molecule has 0 aliphatic rings. The molecule has 0 bridgehead atoms. The summed E-state index contributed by atoms with van der Waals surface area (Å²) in [5.74, 6) is 6.06. The van der Waals surface area contributed by atoms with Gasteiger partial charge in [-0.05, 0) is 29.8 Å². The molecule has 0 aliphatic heterocycles. The second kappa shape index (κ2) is 6.64. The van der Waals surface area contributed by atoms with Crippen LogP contribution in [-0.2, 0) is 0 Å². The zero-order chi connectivity index (χ0) is 12.6. The lowest BCUT2D eigenvalue weighted by Gasteiger charge is -1.91. The smallest absolute Gasteiger partial charge is 0.100 e. The molecule has 0 heterocycles. The van der Waals surface area contributed by atoms with Gasteiger partial charge < -0.3 is 0 Å². The highest BCUT2D eigenvalue weighted by molar-refractivity contribution is 6.30. The standard InChI is InChI=1S/C16H12ClN/c17-16-10-8-15(9-11-16)13-18-12-4-7-14-5-2-1-3-6-14/h1-3,5-6,8-11,13H,12H2/b18-13+. The predicted molar refractivity (Wildman–Crippen MR) is 77.2 cm³/mol. The number of halogens is 1. The van der Waals surface area contributed by atoms with E-state index in [4.69, 9.17) is 11.6 Å². The van der Waals surface area contributed by atoms with Crippen LogP contribution in [-0.4, -0.2) is 12.8 Å². The van der Waals surface area contributed by atoms with E-state index in [1.54, 1.807) is 6.21 Å². The summed E-state index contributed by atoms with van der Waals surface area (Å²) in [6, 6.07) is 17.4.